The van der Waals surface area contributed by atoms with Crippen molar-refractivity contribution in [3.63, 3.8) is 0 Å². The van der Waals surface area contributed by atoms with E-state index in [1.165, 1.54) is 5.56 Å². The lowest BCUT2D eigenvalue weighted by Gasteiger charge is -2.21. The van der Waals surface area contributed by atoms with Gasteiger partial charge in [0.1, 0.15) is 5.75 Å². The van der Waals surface area contributed by atoms with Crippen molar-refractivity contribution in [1.29, 1.82) is 0 Å². The molecule has 0 aliphatic heterocycles. The number of carbonyl (C=O) groups is 1. The molecule has 0 fully saturated rings. The molecule has 0 radical (unpaired) electrons. The predicted octanol–water partition coefficient (Wildman–Crippen LogP) is 4.35. The molecule has 21 heavy (non-hydrogen) atoms. The summed E-state index contributed by atoms with van der Waals surface area (Å²) in [5, 5.41) is 0. The molecule has 0 aliphatic carbocycles. The number of anilines is 1. The van der Waals surface area contributed by atoms with Crippen LogP contribution < -0.4 is 9.64 Å². The molecule has 0 N–H and O–H groups in total. The summed E-state index contributed by atoms with van der Waals surface area (Å²) in [5.74, 6) is 0.586. The number of halogens is 1. The molecule has 0 aliphatic rings. The maximum atomic E-state index is 12.7. The fourth-order valence-corrected chi connectivity index (χ4v) is 2.68. The normalized spacial score (nSPS) is 10.3. The Labute approximate surface area is 133 Å². The number of benzene rings is 2. The zero-order valence-electron chi connectivity index (χ0n) is 12.6. The molecular weight excluding hydrogens is 330 g/mol. The molecule has 0 unspecified atom stereocenters. The van der Waals surface area contributed by atoms with Crippen molar-refractivity contribution >= 4 is 27.5 Å². The minimum atomic E-state index is -0.0762. The average molecular weight is 348 g/mol. The fourth-order valence-electron chi connectivity index (χ4n) is 2.27. The Balaban J connectivity index is 2.39. The quantitative estimate of drug-likeness (QED) is 0.825. The number of hydrogen-bond acceptors (Lipinski definition) is 2. The van der Waals surface area contributed by atoms with Crippen LogP contribution in [0.5, 0.6) is 5.75 Å². The molecule has 4 heteroatoms. The molecule has 0 spiro atoms. The number of carbonyl (C=O) groups excluding carboxylic acids is 1. The van der Waals surface area contributed by atoms with E-state index >= 15 is 0 Å². The number of hydrogen-bond donors (Lipinski definition) is 0. The molecule has 0 saturated carbocycles. The molecule has 3 nitrogen and oxygen atoms in total. The smallest absolute Gasteiger partial charge is 0.259 e. The summed E-state index contributed by atoms with van der Waals surface area (Å²) in [4.78, 5) is 14.4. The molecule has 0 atom stereocenters. The van der Waals surface area contributed by atoms with E-state index in [0.29, 0.717) is 11.3 Å². The van der Waals surface area contributed by atoms with Gasteiger partial charge in [0.2, 0.25) is 0 Å². The van der Waals surface area contributed by atoms with E-state index in [0.717, 1.165) is 15.7 Å². The first-order chi connectivity index (χ1) is 9.93. The van der Waals surface area contributed by atoms with Crippen molar-refractivity contribution < 1.29 is 9.53 Å². The Morgan fingerprint density at radius 1 is 1.14 bits per heavy atom. The van der Waals surface area contributed by atoms with Gasteiger partial charge in [0.05, 0.1) is 12.7 Å². The van der Waals surface area contributed by atoms with Gasteiger partial charge in [-0.15, -0.1) is 0 Å². The third-order valence-electron chi connectivity index (χ3n) is 3.42. The van der Waals surface area contributed by atoms with Gasteiger partial charge in [0, 0.05) is 17.2 Å². The molecule has 0 saturated heterocycles. The van der Waals surface area contributed by atoms with Crippen LogP contribution in [0.4, 0.5) is 5.69 Å². The minimum Gasteiger partial charge on any atom is -0.497 e. The van der Waals surface area contributed by atoms with Crippen molar-refractivity contribution in [2.75, 3.05) is 19.1 Å². The highest BCUT2D eigenvalue weighted by atomic mass is 79.9. The molecule has 2 aromatic rings. The number of nitrogens with zero attached hydrogens (tertiary/aromatic N) is 1. The van der Waals surface area contributed by atoms with Crippen LogP contribution in [-0.4, -0.2) is 20.1 Å². The van der Waals surface area contributed by atoms with Crippen molar-refractivity contribution in [3.05, 3.63) is 57.6 Å². The predicted molar refractivity (Wildman–Crippen MR) is 89.3 cm³/mol. The SMILES string of the molecule is COc1ccc(Br)c(C(=O)N(C)c2ccc(C)cc2C)c1. The molecular formula is C17H18BrNO2. The van der Waals surface area contributed by atoms with Crippen molar-refractivity contribution in [1.82, 2.24) is 0 Å². The maximum Gasteiger partial charge on any atom is 0.259 e. The van der Waals surface area contributed by atoms with E-state index in [1.54, 1.807) is 25.1 Å². The highest BCUT2D eigenvalue weighted by Crippen LogP contribution is 2.27. The van der Waals surface area contributed by atoms with Crippen LogP contribution in [0.25, 0.3) is 0 Å². The Morgan fingerprint density at radius 3 is 2.48 bits per heavy atom. The average Bonchev–Trinajstić information content (AvgIpc) is 2.46. The number of ether oxygens (including phenoxy) is 1. The van der Waals surface area contributed by atoms with Crippen molar-refractivity contribution in [2.24, 2.45) is 0 Å². The summed E-state index contributed by atoms with van der Waals surface area (Å²) in [6.07, 6.45) is 0. The Morgan fingerprint density at radius 2 is 1.86 bits per heavy atom. The zero-order valence-corrected chi connectivity index (χ0v) is 14.2. The van der Waals surface area contributed by atoms with Crippen LogP contribution in [0, 0.1) is 13.8 Å². The monoisotopic (exact) mass is 347 g/mol. The maximum absolute atomic E-state index is 12.7. The largest absolute Gasteiger partial charge is 0.497 e. The number of aryl methyl sites for hydroxylation is 2. The van der Waals surface area contributed by atoms with E-state index in [4.69, 9.17) is 4.74 Å². The molecule has 2 rings (SSSR count). The van der Waals surface area contributed by atoms with E-state index in [2.05, 4.69) is 22.0 Å². The Hall–Kier alpha value is -1.81. The van der Waals surface area contributed by atoms with Gasteiger partial charge in [-0.25, -0.2) is 0 Å². The van der Waals surface area contributed by atoms with Gasteiger partial charge in [-0.3, -0.25) is 4.79 Å². The number of methoxy groups -OCH3 is 1. The van der Waals surface area contributed by atoms with E-state index in [1.807, 2.05) is 38.1 Å². The van der Waals surface area contributed by atoms with Gasteiger partial charge < -0.3 is 9.64 Å². The van der Waals surface area contributed by atoms with Crippen LogP contribution in [0.3, 0.4) is 0 Å². The summed E-state index contributed by atoms with van der Waals surface area (Å²) >= 11 is 3.43. The summed E-state index contributed by atoms with van der Waals surface area (Å²) in [6.45, 7) is 4.05. The van der Waals surface area contributed by atoms with Crippen LogP contribution in [0.2, 0.25) is 0 Å². The van der Waals surface area contributed by atoms with Crippen LogP contribution in [0.15, 0.2) is 40.9 Å². The van der Waals surface area contributed by atoms with Gasteiger partial charge in [-0.2, -0.15) is 0 Å². The van der Waals surface area contributed by atoms with Crippen LogP contribution >= 0.6 is 15.9 Å². The molecule has 0 heterocycles. The molecule has 110 valence electrons. The lowest BCUT2D eigenvalue weighted by atomic mass is 10.1. The van der Waals surface area contributed by atoms with Crippen LogP contribution in [-0.2, 0) is 0 Å². The van der Waals surface area contributed by atoms with E-state index < -0.39 is 0 Å². The molecule has 2 aromatic carbocycles. The fraction of sp³-hybridized carbons (Fsp3) is 0.235. The topological polar surface area (TPSA) is 29.5 Å². The molecule has 0 aromatic heterocycles. The van der Waals surface area contributed by atoms with Gasteiger partial charge in [-0.1, -0.05) is 17.7 Å². The molecule has 1 amide bonds. The highest BCUT2D eigenvalue weighted by Gasteiger charge is 2.18. The second-order valence-electron chi connectivity index (χ2n) is 5.00. The van der Waals surface area contributed by atoms with Crippen molar-refractivity contribution in [2.45, 2.75) is 13.8 Å². The van der Waals surface area contributed by atoms with Crippen molar-refractivity contribution in [3.8, 4) is 5.75 Å². The van der Waals surface area contributed by atoms with E-state index in [-0.39, 0.29) is 5.91 Å². The third-order valence-corrected chi connectivity index (χ3v) is 4.11. The summed E-state index contributed by atoms with van der Waals surface area (Å²) < 4.78 is 5.95. The van der Waals surface area contributed by atoms with Gasteiger partial charge in [-0.05, 0) is 59.6 Å². The molecule has 0 bridgehead atoms. The number of amides is 1. The Bertz CT molecular complexity index is 682. The van der Waals surface area contributed by atoms with E-state index in [9.17, 15) is 4.79 Å². The van der Waals surface area contributed by atoms with Gasteiger partial charge in [0.25, 0.3) is 5.91 Å². The number of rotatable bonds is 3. The second kappa shape index (κ2) is 6.31. The highest BCUT2D eigenvalue weighted by molar-refractivity contribution is 9.10. The first-order valence-corrected chi connectivity index (χ1v) is 7.42. The summed E-state index contributed by atoms with van der Waals surface area (Å²) in [7, 11) is 3.37. The second-order valence-corrected chi connectivity index (χ2v) is 5.85. The third kappa shape index (κ3) is 3.27. The summed E-state index contributed by atoms with van der Waals surface area (Å²) in [5.41, 5.74) is 3.74. The van der Waals surface area contributed by atoms with Gasteiger partial charge in [0.15, 0.2) is 0 Å². The minimum absolute atomic E-state index is 0.0762. The zero-order chi connectivity index (χ0) is 15.6. The first-order valence-electron chi connectivity index (χ1n) is 6.63. The first kappa shape index (κ1) is 15.6. The Kier molecular flexibility index (Phi) is 4.68. The lowest BCUT2D eigenvalue weighted by Crippen LogP contribution is -2.27. The standard InChI is InChI=1S/C17H18BrNO2/c1-11-5-8-16(12(2)9-11)19(3)17(20)14-10-13(21-4)6-7-15(14)18/h5-10H,1-4H3. The van der Waals surface area contributed by atoms with Crippen LogP contribution in [0.1, 0.15) is 21.5 Å². The van der Waals surface area contributed by atoms with Gasteiger partial charge >= 0.3 is 0 Å². The summed E-state index contributed by atoms with van der Waals surface area (Å²) in [6, 6.07) is 11.4. The lowest BCUT2D eigenvalue weighted by molar-refractivity contribution is 0.0992.